The Morgan fingerprint density at radius 2 is 1.95 bits per heavy atom. The van der Waals surface area contributed by atoms with E-state index in [0.29, 0.717) is 5.56 Å². The normalized spacial score (nSPS) is 17.4. The average molecular weight is 273 g/mol. The van der Waals surface area contributed by atoms with Crippen LogP contribution < -0.4 is 0 Å². The predicted molar refractivity (Wildman–Crippen MR) is 71.3 cm³/mol. The Bertz CT molecular complexity index is 670. The highest BCUT2D eigenvalue weighted by Crippen LogP contribution is 2.26. The van der Waals surface area contributed by atoms with Gasteiger partial charge >= 0.3 is 0 Å². The molecule has 1 aliphatic heterocycles. The minimum atomic E-state index is -0.517. The van der Waals surface area contributed by atoms with Gasteiger partial charge in [-0.2, -0.15) is 0 Å². The second-order valence-corrected chi connectivity index (χ2v) is 3.97. The second-order valence-electron chi connectivity index (χ2n) is 3.97. The van der Waals surface area contributed by atoms with Crippen LogP contribution in [0.25, 0.3) is 6.08 Å². The van der Waals surface area contributed by atoms with E-state index in [9.17, 15) is 15.0 Å². The van der Waals surface area contributed by atoms with Gasteiger partial charge in [-0.3, -0.25) is 4.79 Å². The lowest BCUT2D eigenvalue weighted by molar-refractivity contribution is -0.109. The van der Waals surface area contributed by atoms with E-state index in [2.05, 4.69) is 11.7 Å². The molecular weight excluding hydrogens is 262 g/mol. The molecule has 0 atom stereocenters. The van der Waals surface area contributed by atoms with Crippen LogP contribution in [0.5, 0.6) is 11.5 Å². The monoisotopic (exact) mass is 273 g/mol. The quantitative estimate of drug-likeness (QED) is 0.434. The first-order valence-corrected chi connectivity index (χ1v) is 5.56. The molecule has 0 bridgehead atoms. The van der Waals surface area contributed by atoms with E-state index >= 15 is 0 Å². The van der Waals surface area contributed by atoms with Crippen LogP contribution in [0.15, 0.2) is 53.6 Å². The Labute approximate surface area is 114 Å². The zero-order chi connectivity index (χ0) is 14.7. The molecule has 0 saturated heterocycles. The number of carbonyl (C=O) groups is 1. The summed E-state index contributed by atoms with van der Waals surface area (Å²) in [5, 5.41) is 29.9. The summed E-state index contributed by atoms with van der Waals surface area (Å²) >= 11 is 0. The van der Waals surface area contributed by atoms with E-state index in [1.807, 2.05) is 0 Å². The highest BCUT2D eigenvalue weighted by Gasteiger charge is 2.22. The van der Waals surface area contributed by atoms with Crippen molar-refractivity contribution in [1.82, 2.24) is 0 Å². The largest absolute Gasteiger partial charge is 0.504 e. The molecule has 0 unspecified atom stereocenters. The maximum Gasteiger partial charge on any atom is 0.215 e. The number of allylic oxidation sites excluding steroid dienone is 3. The fraction of sp³-hybridized carbons (Fsp3) is 0. The number of rotatable bonds is 2. The van der Waals surface area contributed by atoms with Gasteiger partial charge in [-0.05, 0) is 23.8 Å². The van der Waals surface area contributed by atoms with Crippen LogP contribution in [0.1, 0.15) is 5.56 Å². The number of hydrogen-bond donors (Lipinski definition) is 3. The summed E-state index contributed by atoms with van der Waals surface area (Å²) < 4.78 is 5.19. The van der Waals surface area contributed by atoms with Crippen molar-refractivity contribution < 1.29 is 25.0 Å². The van der Waals surface area contributed by atoms with Crippen molar-refractivity contribution in [3.8, 4) is 11.5 Å². The summed E-state index contributed by atoms with van der Waals surface area (Å²) in [6, 6.07) is 4.27. The van der Waals surface area contributed by atoms with E-state index in [1.165, 1.54) is 18.2 Å². The van der Waals surface area contributed by atoms with Crippen molar-refractivity contribution in [3.05, 3.63) is 54.0 Å². The Hall–Kier alpha value is -3.02. The maximum atomic E-state index is 11.5. The van der Waals surface area contributed by atoms with Crippen LogP contribution in [0, 0.1) is 0 Å². The number of nitrogens with zero attached hydrogens (tertiary/aromatic N) is 1. The maximum absolute atomic E-state index is 11.5. The second kappa shape index (κ2) is 5.31. The van der Waals surface area contributed by atoms with Crippen LogP contribution >= 0.6 is 0 Å². The van der Waals surface area contributed by atoms with Crippen LogP contribution in [0.4, 0.5) is 0 Å². The Balaban J connectivity index is 2.22. The molecule has 6 nitrogen and oxygen atoms in total. The molecule has 0 amide bonds. The predicted octanol–water partition coefficient (Wildman–Crippen LogP) is 1.94. The van der Waals surface area contributed by atoms with Crippen LogP contribution in [-0.4, -0.2) is 26.9 Å². The summed E-state index contributed by atoms with van der Waals surface area (Å²) in [6.45, 7) is 3.47. The zero-order valence-corrected chi connectivity index (χ0v) is 10.3. The number of ketones is 1. The highest BCUT2D eigenvalue weighted by molar-refractivity contribution is 6.49. The summed E-state index contributed by atoms with van der Waals surface area (Å²) in [4.78, 5) is 11.5. The Morgan fingerprint density at radius 3 is 2.55 bits per heavy atom. The topological polar surface area (TPSA) is 99.3 Å². The van der Waals surface area contributed by atoms with E-state index in [0.717, 1.165) is 6.08 Å². The molecule has 1 aromatic carbocycles. The molecule has 1 heterocycles. The molecular formula is C14H11NO5. The zero-order valence-electron chi connectivity index (χ0n) is 10.3. The first kappa shape index (κ1) is 13.4. The molecule has 0 aliphatic carbocycles. The smallest absolute Gasteiger partial charge is 0.215 e. The lowest BCUT2D eigenvalue weighted by atomic mass is 10.1. The number of hydrogen-bond acceptors (Lipinski definition) is 6. The van der Waals surface area contributed by atoms with E-state index in [1.54, 1.807) is 12.1 Å². The van der Waals surface area contributed by atoms with Crippen molar-refractivity contribution >= 4 is 17.6 Å². The third-order valence-corrected chi connectivity index (χ3v) is 2.55. The lowest BCUT2D eigenvalue weighted by Gasteiger charge is -2.13. The van der Waals surface area contributed by atoms with E-state index in [4.69, 9.17) is 9.94 Å². The van der Waals surface area contributed by atoms with Gasteiger partial charge in [0, 0.05) is 6.08 Å². The number of phenolic OH excluding ortho intramolecular Hbond substituents is 2. The van der Waals surface area contributed by atoms with Crippen LogP contribution in [-0.2, 0) is 9.53 Å². The van der Waals surface area contributed by atoms with Gasteiger partial charge in [0.25, 0.3) is 0 Å². The highest BCUT2D eigenvalue weighted by atomic mass is 16.5. The number of carbonyl (C=O) groups excluding carboxylic acids is 1. The van der Waals surface area contributed by atoms with E-state index < -0.39 is 5.78 Å². The summed E-state index contributed by atoms with van der Waals surface area (Å²) in [5.74, 6) is -0.811. The summed E-state index contributed by atoms with van der Waals surface area (Å²) in [5.41, 5.74) is 0.355. The molecule has 6 heteroatoms. The minimum Gasteiger partial charge on any atom is -0.504 e. The van der Waals surface area contributed by atoms with Gasteiger partial charge in [0.1, 0.15) is 5.76 Å². The van der Waals surface area contributed by atoms with Gasteiger partial charge in [-0.25, -0.2) is 0 Å². The van der Waals surface area contributed by atoms with Crippen molar-refractivity contribution in [1.29, 1.82) is 0 Å². The molecule has 20 heavy (non-hydrogen) atoms. The third kappa shape index (κ3) is 2.69. The van der Waals surface area contributed by atoms with Gasteiger partial charge in [0.15, 0.2) is 23.0 Å². The Morgan fingerprint density at radius 1 is 1.20 bits per heavy atom. The Kier molecular flexibility index (Phi) is 3.56. The molecule has 1 aliphatic rings. The lowest BCUT2D eigenvalue weighted by Crippen LogP contribution is -2.20. The molecule has 0 aromatic heterocycles. The first-order valence-electron chi connectivity index (χ1n) is 5.56. The van der Waals surface area contributed by atoms with Crippen molar-refractivity contribution in [2.24, 2.45) is 5.16 Å². The van der Waals surface area contributed by atoms with Gasteiger partial charge in [0.2, 0.25) is 5.78 Å². The SMILES string of the molecule is C=C1OC(/C=C/c2ccc(O)c(O)c2)=CC(=O)C1=NO. The first-order chi connectivity index (χ1) is 9.51. The number of phenols is 2. The molecule has 102 valence electrons. The summed E-state index contributed by atoms with van der Waals surface area (Å²) in [6.07, 6.45) is 4.22. The summed E-state index contributed by atoms with van der Waals surface area (Å²) in [7, 11) is 0. The molecule has 2 rings (SSSR count). The molecule has 3 N–H and O–H groups in total. The van der Waals surface area contributed by atoms with Crippen molar-refractivity contribution in [2.75, 3.05) is 0 Å². The number of ether oxygens (including phenoxy) is 1. The minimum absolute atomic E-state index is 0.0480. The van der Waals surface area contributed by atoms with Gasteiger partial charge in [-0.1, -0.05) is 23.9 Å². The number of aromatic hydroxyl groups is 2. The van der Waals surface area contributed by atoms with Crippen molar-refractivity contribution in [3.63, 3.8) is 0 Å². The van der Waals surface area contributed by atoms with Crippen molar-refractivity contribution in [2.45, 2.75) is 0 Å². The van der Waals surface area contributed by atoms with Gasteiger partial charge in [0.05, 0.1) is 0 Å². The van der Waals surface area contributed by atoms with Gasteiger partial charge < -0.3 is 20.2 Å². The van der Waals surface area contributed by atoms with E-state index in [-0.39, 0.29) is 28.7 Å². The number of oxime groups is 1. The number of benzene rings is 1. The molecule has 0 saturated carbocycles. The molecule has 0 spiro atoms. The third-order valence-electron chi connectivity index (χ3n) is 2.55. The average Bonchev–Trinajstić information content (AvgIpc) is 2.40. The fourth-order valence-corrected chi connectivity index (χ4v) is 1.56. The standard InChI is InChI=1S/C14H11NO5/c1-8-14(15-19)13(18)7-10(20-8)4-2-9-3-5-11(16)12(17)6-9/h2-7,16-17,19H,1H2/b4-2+,15-14?. The molecule has 1 aromatic rings. The fourth-order valence-electron chi connectivity index (χ4n) is 1.56. The van der Waals surface area contributed by atoms with Crippen LogP contribution in [0.3, 0.4) is 0 Å². The molecule has 0 radical (unpaired) electrons. The van der Waals surface area contributed by atoms with Crippen LogP contribution in [0.2, 0.25) is 0 Å². The molecule has 0 fully saturated rings. The van der Waals surface area contributed by atoms with Gasteiger partial charge in [-0.15, -0.1) is 0 Å².